The molecule has 108 valence electrons. The number of nitrogen functional groups attached to an aromatic ring is 1. The molecule has 1 saturated heterocycles. The lowest BCUT2D eigenvalue weighted by molar-refractivity contribution is -0.135. The highest BCUT2D eigenvalue weighted by molar-refractivity contribution is 5.91. The van der Waals surface area contributed by atoms with Crippen LogP contribution in [0.1, 0.15) is 44.6 Å². The summed E-state index contributed by atoms with van der Waals surface area (Å²) in [5.41, 5.74) is 7.43. The Hall–Kier alpha value is -1.51. The van der Waals surface area contributed by atoms with Crippen molar-refractivity contribution in [3.8, 4) is 0 Å². The maximum Gasteiger partial charge on any atom is 0.233 e. The van der Waals surface area contributed by atoms with Crippen LogP contribution < -0.4 is 5.73 Å². The summed E-state index contributed by atoms with van der Waals surface area (Å²) >= 11 is 0. The van der Waals surface area contributed by atoms with Crippen molar-refractivity contribution in [3.63, 3.8) is 0 Å². The summed E-state index contributed by atoms with van der Waals surface area (Å²) in [6, 6.07) is 7.88. The number of benzene rings is 1. The zero-order valence-electron chi connectivity index (χ0n) is 12.3. The Morgan fingerprint density at radius 2 is 2.05 bits per heavy atom. The molecule has 0 bridgehead atoms. The lowest BCUT2D eigenvalue weighted by Crippen LogP contribution is -2.45. The van der Waals surface area contributed by atoms with E-state index in [2.05, 4.69) is 11.8 Å². The molecule has 2 fully saturated rings. The number of carbonyl (C=O) groups is 1. The number of anilines is 1. The molecule has 1 aliphatic heterocycles. The average Bonchev–Trinajstić information content (AvgIpc) is 3.29. The number of hydrogen-bond donors (Lipinski definition) is 1. The van der Waals surface area contributed by atoms with E-state index in [0.717, 1.165) is 43.6 Å². The lowest BCUT2D eigenvalue weighted by Gasteiger charge is -2.35. The monoisotopic (exact) mass is 272 g/mol. The molecule has 1 aromatic carbocycles. The highest BCUT2D eigenvalue weighted by Gasteiger charge is 2.53. The van der Waals surface area contributed by atoms with Gasteiger partial charge in [-0.05, 0) is 49.3 Å². The van der Waals surface area contributed by atoms with E-state index in [4.69, 9.17) is 5.73 Å². The number of piperidine rings is 1. The van der Waals surface area contributed by atoms with Gasteiger partial charge in [-0.2, -0.15) is 0 Å². The van der Waals surface area contributed by atoms with E-state index >= 15 is 0 Å². The molecule has 1 atom stereocenters. The van der Waals surface area contributed by atoms with Gasteiger partial charge in [0.05, 0.1) is 5.41 Å². The molecule has 0 spiro atoms. The summed E-state index contributed by atoms with van der Waals surface area (Å²) in [7, 11) is 0. The van der Waals surface area contributed by atoms with Crippen LogP contribution in [0.15, 0.2) is 24.3 Å². The number of rotatable bonds is 3. The first-order valence-corrected chi connectivity index (χ1v) is 7.81. The summed E-state index contributed by atoms with van der Waals surface area (Å²) in [5, 5.41) is 0. The van der Waals surface area contributed by atoms with Gasteiger partial charge in [-0.15, -0.1) is 0 Å². The Labute approximate surface area is 121 Å². The smallest absolute Gasteiger partial charge is 0.233 e. The van der Waals surface area contributed by atoms with Gasteiger partial charge in [0.15, 0.2) is 0 Å². The Kier molecular flexibility index (Phi) is 3.45. The lowest BCUT2D eigenvalue weighted by atomic mass is 9.90. The number of nitrogens with zero attached hydrogens (tertiary/aromatic N) is 1. The molecule has 20 heavy (non-hydrogen) atoms. The zero-order chi connectivity index (χ0) is 14.2. The second-order valence-electron chi connectivity index (χ2n) is 6.37. The first-order valence-electron chi connectivity index (χ1n) is 7.81. The molecular weight excluding hydrogens is 248 g/mol. The molecule has 1 unspecified atom stereocenters. The molecule has 1 aliphatic carbocycles. The fourth-order valence-corrected chi connectivity index (χ4v) is 3.44. The quantitative estimate of drug-likeness (QED) is 0.860. The minimum atomic E-state index is -0.233. The molecule has 1 saturated carbocycles. The molecule has 0 radical (unpaired) electrons. The maximum absolute atomic E-state index is 12.9. The van der Waals surface area contributed by atoms with Crippen molar-refractivity contribution in [2.75, 3.05) is 18.8 Å². The first-order chi connectivity index (χ1) is 9.65. The second kappa shape index (κ2) is 5.12. The molecule has 3 rings (SSSR count). The summed E-state index contributed by atoms with van der Waals surface area (Å²) in [6.07, 6.45) is 5.59. The Morgan fingerprint density at radius 1 is 1.35 bits per heavy atom. The number of carbonyl (C=O) groups excluding carboxylic acids is 1. The van der Waals surface area contributed by atoms with Gasteiger partial charge < -0.3 is 10.6 Å². The van der Waals surface area contributed by atoms with E-state index in [1.807, 2.05) is 24.3 Å². The Bertz CT molecular complexity index is 490. The third-order valence-electron chi connectivity index (χ3n) is 5.01. The molecule has 3 nitrogen and oxygen atoms in total. The number of likely N-dealkylation sites (tertiary alicyclic amines) is 1. The number of nitrogens with two attached hydrogens (primary N) is 1. The van der Waals surface area contributed by atoms with Crippen molar-refractivity contribution in [2.45, 2.75) is 44.4 Å². The SMILES string of the molecule is CCC1CCCN(C(=O)C2(c3ccc(N)cc3)CC2)C1. The fraction of sp³-hybridized carbons (Fsp3) is 0.588. The molecule has 1 aromatic rings. The van der Waals surface area contributed by atoms with Crippen molar-refractivity contribution in [1.82, 2.24) is 4.90 Å². The van der Waals surface area contributed by atoms with E-state index in [0.29, 0.717) is 11.8 Å². The van der Waals surface area contributed by atoms with Gasteiger partial charge >= 0.3 is 0 Å². The second-order valence-corrected chi connectivity index (χ2v) is 6.37. The standard InChI is InChI=1S/C17H24N2O/c1-2-13-4-3-11-19(12-13)16(20)17(9-10-17)14-5-7-15(18)8-6-14/h5-8,13H,2-4,9-12,18H2,1H3. The third kappa shape index (κ3) is 2.30. The number of hydrogen-bond acceptors (Lipinski definition) is 2. The fourth-order valence-electron chi connectivity index (χ4n) is 3.44. The summed E-state index contributed by atoms with van der Waals surface area (Å²) < 4.78 is 0. The zero-order valence-corrected chi connectivity index (χ0v) is 12.3. The van der Waals surface area contributed by atoms with Crippen LogP contribution in [0.4, 0.5) is 5.69 Å². The minimum Gasteiger partial charge on any atom is -0.399 e. The Balaban J connectivity index is 1.77. The van der Waals surface area contributed by atoms with Gasteiger partial charge in [0.25, 0.3) is 0 Å². The summed E-state index contributed by atoms with van der Waals surface area (Å²) in [6.45, 7) is 4.11. The van der Waals surface area contributed by atoms with Crippen molar-refractivity contribution in [3.05, 3.63) is 29.8 Å². The molecule has 1 heterocycles. The van der Waals surface area contributed by atoms with Crippen LogP contribution in [0.2, 0.25) is 0 Å². The van der Waals surface area contributed by atoms with Crippen molar-refractivity contribution in [1.29, 1.82) is 0 Å². The topological polar surface area (TPSA) is 46.3 Å². The van der Waals surface area contributed by atoms with Crippen LogP contribution in [0.5, 0.6) is 0 Å². The van der Waals surface area contributed by atoms with Crippen LogP contribution in [0.3, 0.4) is 0 Å². The van der Waals surface area contributed by atoms with E-state index < -0.39 is 0 Å². The molecule has 0 aromatic heterocycles. The van der Waals surface area contributed by atoms with Gasteiger partial charge in [0.1, 0.15) is 0 Å². The predicted molar refractivity (Wildman–Crippen MR) is 81.4 cm³/mol. The Morgan fingerprint density at radius 3 is 2.65 bits per heavy atom. The van der Waals surface area contributed by atoms with Crippen molar-refractivity contribution < 1.29 is 4.79 Å². The van der Waals surface area contributed by atoms with Crippen molar-refractivity contribution in [2.24, 2.45) is 5.92 Å². The van der Waals surface area contributed by atoms with Crippen LogP contribution in [-0.2, 0) is 10.2 Å². The van der Waals surface area contributed by atoms with Gasteiger partial charge in [-0.1, -0.05) is 25.5 Å². The minimum absolute atomic E-state index is 0.233. The van der Waals surface area contributed by atoms with Crippen LogP contribution in [0, 0.1) is 5.92 Å². The molecular formula is C17H24N2O. The number of amides is 1. The van der Waals surface area contributed by atoms with E-state index in [1.165, 1.54) is 12.8 Å². The van der Waals surface area contributed by atoms with Crippen molar-refractivity contribution >= 4 is 11.6 Å². The molecule has 2 aliphatic rings. The van der Waals surface area contributed by atoms with Crippen LogP contribution in [-0.4, -0.2) is 23.9 Å². The van der Waals surface area contributed by atoms with Gasteiger partial charge in [0, 0.05) is 18.8 Å². The van der Waals surface area contributed by atoms with Crippen LogP contribution >= 0.6 is 0 Å². The average molecular weight is 272 g/mol. The summed E-state index contributed by atoms with van der Waals surface area (Å²) in [5.74, 6) is 1.04. The highest BCUT2D eigenvalue weighted by atomic mass is 16.2. The van der Waals surface area contributed by atoms with Gasteiger partial charge in [0.2, 0.25) is 5.91 Å². The van der Waals surface area contributed by atoms with Gasteiger partial charge in [-0.3, -0.25) is 4.79 Å². The largest absolute Gasteiger partial charge is 0.399 e. The highest BCUT2D eigenvalue weighted by Crippen LogP contribution is 2.50. The predicted octanol–water partition coefficient (Wildman–Crippen LogP) is 2.95. The van der Waals surface area contributed by atoms with E-state index in [-0.39, 0.29) is 5.41 Å². The van der Waals surface area contributed by atoms with E-state index in [1.54, 1.807) is 0 Å². The summed E-state index contributed by atoms with van der Waals surface area (Å²) in [4.78, 5) is 15.0. The van der Waals surface area contributed by atoms with E-state index in [9.17, 15) is 4.79 Å². The van der Waals surface area contributed by atoms with Crippen LogP contribution in [0.25, 0.3) is 0 Å². The molecule has 2 N–H and O–H groups in total. The first kappa shape index (κ1) is 13.5. The molecule has 1 amide bonds. The maximum atomic E-state index is 12.9. The third-order valence-corrected chi connectivity index (χ3v) is 5.01. The van der Waals surface area contributed by atoms with Gasteiger partial charge in [-0.25, -0.2) is 0 Å². The molecule has 3 heteroatoms. The normalized spacial score (nSPS) is 24.4.